The molecule has 2 amide bonds. The summed E-state index contributed by atoms with van der Waals surface area (Å²) in [6.07, 6.45) is 4.05. The van der Waals surface area contributed by atoms with Crippen LogP contribution < -0.4 is 0 Å². The molecule has 0 aromatic carbocycles. The standard InChI is InChI=1S/C24H36N6O3/c1-8-16(3)22(29-12-10-28(11-13-29)20(7)31)24(33)30(17(4)9-2)19(6)27-18(5)23-25-14-21(32)15-26-23/h14-15,17,32H,5,8-13H2,1-4,6-7H3/b22-16-,27-19?. The van der Waals surface area contributed by atoms with Crippen LogP contribution in [0.3, 0.4) is 0 Å². The van der Waals surface area contributed by atoms with E-state index < -0.39 is 0 Å². The Labute approximate surface area is 196 Å². The molecule has 2 heterocycles. The van der Waals surface area contributed by atoms with Crippen molar-refractivity contribution in [3.63, 3.8) is 0 Å². The van der Waals surface area contributed by atoms with Crippen molar-refractivity contribution in [2.75, 3.05) is 26.2 Å². The largest absolute Gasteiger partial charge is 0.505 e. The van der Waals surface area contributed by atoms with Crippen molar-refractivity contribution in [3.05, 3.63) is 36.1 Å². The highest BCUT2D eigenvalue weighted by Crippen LogP contribution is 2.22. The first kappa shape index (κ1) is 26.0. The van der Waals surface area contributed by atoms with Gasteiger partial charge in [-0.15, -0.1) is 0 Å². The van der Waals surface area contributed by atoms with Crippen LogP contribution in [0.5, 0.6) is 5.75 Å². The van der Waals surface area contributed by atoms with Gasteiger partial charge in [-0.1, -0.05) is 20.4 Å². The minimum absolute atomic E-state index is 0.0432. The first-order chi connectivity index (χ1) is 15.6. The van der Waals surface area contributed by atoms with Crippen LogP contribution in [0.25, 0.3) is 5.70 Å². The van der Waals surface area contributed by atoms with Gasteiger partial charge in [-0.25, -0.2) is 15.0 Å². The van der Waals surface area contributed by atoms with E-state index in [1.807, 2.05) is 27.7 Å². The van der Waals surface area contributed by atoms with Gasteiger partial charge in [0.2, 0.25) is 5.91 Å². The summed E-state index contributed by atoms with van der Waals surface area (Å²) in [6.45, 7) is 17.7. The topological polar surface area (TPSA) is 102 Å². The smallest absolute Gasteiger partial charge is 0.275 e. The number of aliphatic imine (C=N–C) groups is 1. The van der Waals surface area contributed by atoms with Crippen LogP contribution in [0.1, 0.15) is 60.2 Å². The van der Waals surface area contributed by atoms with E-state index in [2.05, 4.69) is 26.4 Å². The predicted octanol–water partition coefficient (Wildman–Crippen LogP) is 3.05. The van der Waals surface area contributed by atoms with Gasteiger partial charge in [-0.3, -0.25) is 14.5 Å². The maximum atomic E-state index is 13.9. The van der Waals surface area contributed by atoms with Gasteiger partial charge in [0.1, 0.15) is 17.2 Å². The lowest BCUT2D eigenvalue weighted by atomic mass is 10.1. The number of amidine groups is 1. The van der Waals surface area contributed by atoms with E-state index in [-0.39, 0.29) is 29.4 Å². The van der Waals surface area contributed by atoms with E-state index in [0.717, 1.165) is 18.4 Å². The predicted molar refractivity (Wildman–Crippen MR) is 129 cm³/mol. The molecular formula is C24H36N6O3. The number of nitrogens with zero attached hydrogens (tertiary/aromatic N) is 6. The summed E-state index contributed by atoms with van der Waals surface area (Å²) in [5.74, 6) is 0.682. The number of carbonyl (C=O) groups excluding carboxylic acids is 2. The monoisotopic (exact) mass is 456 g/mol. The van der Waals surface area contributed by atoms with Gasteiger partial charge in [-0.05, 0) is 39.2 Å². The Morgan fingerprint density at radius 2 is 1.67 bits per heavy atom. The fraction of sp³-hybridized carbons (Fsp3) is 0.542. The highest BCUT2D eigenvalue weighted by atomic mass is 16.3. The minimum Gasteiger partial charge on any atom is -0.505 e. The molecule has 0 spiro atoms. The third-order valence-electron chi connectivity index (χ3n) is 5.97. The van der Waals surface area contributed by atoms with Crippen molar-refractivity contribution in [3.8, 4) is 5.75 Å². The van der Waals surface area contributed by atoms with Crippen LogP contribution in [0.15, 0.2) is 35.2 Å². The molecule has 1 fully saturated rings. The summed E-state index contributed by atoms with van der Waals surface area (Å²) in [5.41, 5.74) is 1.97. The normalized spacial score (nSPS) is 16.2. The Morgan fingerprint density at radius 3 is 2.15 bits per heavy atom. The van der Waals surface area contributed by atoms with Gasteiger partial charge in [0.05, 0.1) is 12.4 Å². The van der Waals surface area contributed by atoms with Crippen molar-refractivity contribution in [2.24, 2.45) is 4.99 Å². The average molecular weight is 457 g/mol. The Morgan fingerprint density at radius 1 is 1.12 bits per heavy atom. The van der Waals surface area contributed by atoms with Crippen LogP contribution in [-0.4, -0.2) is 79.6 Å². The molecular weight excluding hydrogens is 420 g/mol. The molecule has 180 valence electrons. The van der Waals surface area contributed by atoms with E-state index in [4.69, 9.17) is 0 Å². The maximum absolute atomic E-state index is 13.9. The highest BCUT2D eigenvalue weighted by molar-refractivity contribution is 6.06. The van der Waals surface area contributed by atoms with Crippen LogP contribution in [0.4, 0.5) is 0 Å². The van der Waals surface area contributed by atoms with E-state index >= 15 is 0 Å². The Bertz CT molecular complexity index is 930. The molecule has 1 aliphatic rings. The number of allylic oxidation sites excluding steroid dienone is 1. The molecule has 1 aliphatic heterocycles. The molecule has 9 nitrogen and oxygen atoms in total. The van der Waals surface area contributed by atoms with Crippen LogP contribution in [0.2, 0.25) is 0 Å². The second-order valence-corrected chi connectivity index (χ2v) is 8.28. The fourth-order valence-electron chi connectivity index (χ4n) is 3.73. The third kappa shape index (κ3) is 6.40. The number of hydrogen-bond acceptors (Lipinski definition) is 7. The van der Waals surface area contributed by atoms with Gasteiger partial charge in [0.15, 0.2) is 11.6 Å². The number of carbonyl (C=O) groups is 2. The number of rotatable bonds is 7. The molecule has 1 atom stereocenters. The number of aromatic nitrogens is 2. The Balaban J connectivity index is 2.37. The molecule has 1 unspecified atom stereocenters. The zero-order valence-electron chi connectivity index (χ0n) is 20.6. The number of aromatic hydroxyl groups is 1. The summed E-state index contributed by atoms with van der Waals surface area (Å²) in [4.78, 5) is 43.9. The van der Waals surface area contributed by atoms with E-state index in [9.17, 15) is 14.7 Å². The first-order valence-corrected chi connectivity index (χ1v) is 11.4. The molecule has 2 rings (SSSR count). The second kappa shape index (κ2) is 11.6. The van der Waals surface area contributed by atoms with Gasteiger partial charge in [-0.2, -0.15) is 0 Å². The van der Waals surface area contributed by atoms with Crippen LogP contribution >= 0.6 is 0 Å². The maximum Gasteiger partial charge on any atom is 0.275 e. The summed E-state index contributed by atoms with van der Waals surface area (Å²) >= 11 is 0. The molecule has 1 aromatic rings. The zero-order chi connectivity index (χ0) is 24.7. The van der Waals surface area contributed by atoms with E-state index in [1.54, 1.807) is 23.6 Å². The zero-order valence-corrected chi connectivity index (χ0v) is 20.6. The van der Waals surface area contributed by atoms with Gasteiger partial charge in [0, 0.05) is 39.1 Å². The summed E-state index contributed by atoms with van der Waals surface area (Å²) in [7, 11) is 0. The molecule has 0 saturated carbocycles. The first-order valence-electron chi connectivity index (χ1n) is 11.4. The third-order valence-corrected chi connectivity index (χ3v) is 5.97. The van der Waals surface area contributed by atoms with Crippen LogP contribution in [-0.2, 0) is 9.59 Å². The lowest BCUT2D eigenvalue weighted by molar-refractivity contribution is -0.130. The fourth-order valence-corrected chi connectivity index (χ4v) is 3.73. The SMILES string of the molecule is C=C(N=C(C)N(C(=O)/C(=C(\C)CC)N1CCN(C(C)=O)CC1)C(C)CC)c1ncc(O)cn1. The van der Waals surface area contributed by atoms with Crippen molar-refractivity contribution in [2.45, 2.75) is 60.4 Å². The number of piperazine rings is 1. The van der Waals surface area contributed by atoms with Gasteiger partial charge < -0.3 is 14.9 Å². The molecule has 1 saturated heterocycles. The molecule has 1 N–H and O–H groups in total. The number of hydrogen-bond donors (Lipinski definition) is 1. The van der Waals surface area contributed by atoms with Crippen molar-refractivity contribution >= 4 is 23.3 Å². The van der Waals surface area contributed by atoms with Crippen molar-refractivity contribution in [1.29, 1.82) is 0 Å². The highest BCUT2D eigenvalue weighted by Gasteiger charge is 2.31. The molecule has 0 aliphatic carbocycles. The van der Waals surface area contributed by atoms with Gasteiger partial charge in [0.25, 0.3) is 5.91 Å². The van der Waals surface area contributed by atoms with E-state index in [1.165, 1.54) is 12.4 Å². The quantitative estimate of drug-likeness (QED) is 0.384. The lowest BCUT2D eigenvalue weighted by Crippen LogP contribution is -2.52. The molecule has 33 heavy (non-hydrogen) atoms. The van der Waals surface area contributed by atoms with Crippen molar-refractivity contribution in [1.82, 2.24) is 24.7 Å². The second-order valence-electron chi connectivity index (χ2n) is 8.28. The summed E-state index contributed by atoms with van der Waals surface area (Å²) in [6, 6.07) is -0.0899. The van der Waals surface area contributed by atoms with Crippen molar-refractivity contribution < 1.29 is 14.7 Å². The van der Waals surface area contributed by atoms with E-state index in [0.29, 0.717) is 43.4 Å². The summed E-state index contributed by atoms with van der Waals surface area (Å²) < 4.78 is 0. The Hall–Kier alpha value is -3.23. The average Bonchev–Trinajstić information content (AvgIpc) is 2.79. The van der Waals surface area contributed by atoms with Crippen LogP contribution in [0, 0.1) is 0 Å². The summed E-state index contributed by atoms with van der Waals surface area (Å²) in [5, 5.41) is 9.42. The molecule has 9 heteroatoms. The minimum atomic E-state index is -0.111. The van der Waals surface area contributed by atoms with Gasteiger partial charge >= 0.3 is 0 Å². The molecule has 0 radical (unpaired) electrons. The number of amides is 2. The molecule has 1 aromatic heterocycles. The Kier molecular flexibility index (Phi) is 9.13. The lowest BCUT2D eigenvalue weighted by Gasteiger charge is -2.39. The molecule has 0 bridgehead atoms.